The average molecular weight is 372 g/mol. The standard InChI is InChI=1S/C16H20O10/c17-7-3-21-15-9(5-23-13(7)15)25-11(19)1-2-12(20)26-10-6-24-14-8(18)4-22-16(10)14/h1-2,7-10,13-18H,3-6H2/b2-1+/t7-,8-,9-,10-,13+,14+,15+,16+/m0/s1. The van der Waals surface area contributed by atoms with Crippen LogP contribution < -0.4 is 0 Å². The molecule has 26 heavy (non-hydrogen) atoms. The summed E-state index contributed by atoms with van der Waals surface area (Å²) < 4.78 is 31.8. The number of esters is 2. The summed E-state index contributed by atoms with van der Waals surface area (Å²) in [5.41, 5.74) is 0. The Hall–Kier alpha value is -1.56. The van der Waals surface area contributed by atoms with Crippen molar-refractivity contribution in [1.29, 1.82) is 0 Å². The maximum absolute atomic E-state index is 11.9. The van der Waals surface area contributed by atoms with E-state index in [0.29, 0.717) is 0 Å². The molecule has 4 aliphatic heterocycles. The van der Waals surface area contributed by atoms with Gasteiger partial charge in [0.05, 0.1) is 26.4 Å². The lowest BCUT2D eigenvalue weighted by Crippen LogP contribution is -2.34. The van der Waals surface area contributed by atoms with E-state index in [4.69, 9.17) is 28.4 Å². The van der Waals surface area contributed by atoms with Crippen LogP contribution in [0.15, 0.2) is 12.2 Å². The number of carbonyl (C=O) groups excluding carboxylic acids is 2. The van der Waals surface area contributed by atoms with Crippen LogP contribution in [0.3, 0.4) is 0 Å². The molecule has 8 atom stereocenters. The summed E-state index contributed by atoms with van der Waals surface area (Å²) >= 11 is 0. The predicted octanol–water partition coefficient (Wildman–Crippen LogP) is -2.32. The molecule has 4 rings (SSSR count). The number of hydrogen-bond donors (Lipinski definition) is 2. The average Bonchev–Trinajstić information content (AvgIpc) is 3.35. The second-order valence-electron chi connectivity index (χ2n) is 6.61. The van der Waals surface area contributed by atoms with Gasteiger partial charge in [0, 0.05) is 12.2 Å². The van der Waals surface area contributed by atoms with Gasteiger partial charge in [0.2, 0.25) is 0 Å². The predicted molar refractivity (Wildman–Crippen MR) is 79.9 cm³/mol. The van der Waals surface area contributed by atoms with E-state index in [1.165, 1.54) is 0 Å². The molecule has 10 heteroatoms. The molecule has 144 valence electrons. The Morgan fingerprint density at radius 2 is 1.08 bits per heavy atom. The Morgan fingerprint density at radius 3 is 1.50 bits per heavy atom. The minimum absolute atomic E-state index is 0.124. The van der Waals surface area contributed by atoms with Crippen molar-refractivity contribution in [3.05, 3.63) is 12.2 Å². The molecule has 0 aromatic carbocycles. The van der Waals surface area contributed by atoms with Crippen molar-refractivity contribution in [3.8, 4) is 0 Å². The highest BCUT2D eigenvalue weighted by Gasteiger charge is 2.49. The number of aliphatic hydroxyl groups excluding tert-OH is 2. The third kappa shape index (κ3) is 3.36. The van der Waals surface area contributed by atoms with Crippen LogP contribution in [-0.4, -0.2) is 97.4 Å². The molecule has 10 nitrogen and oxygen atoms in total. The van der Waals surface area contributed by atoms with Crippen molar-refractivity contribution in [1.82, 2.24) is 0 Å². The topological polar surface area (TPSA) is 130 Å². The van der Waals surface area contributed by atoms with E-state index in [2.05, 4.69) is 0 Å². The summed E-state index contributed by atoms with van der Waals surface area (Å²) in [5, 5.41) is 19.3. The van der Waals surface area contributed by atoms with Gasteiger partial charge >= 0.3 is 11.9 Å². The molecule has 0 spiro atoms. The lowest BCUT2D eigenvalue weighted by Gasteiger charge is -2.16. The van der Waals surface area contributed by atoms with E-state index in [0.717, 1.165) is 12.2 Å². The van der Waals surface area contributed by atoms with Gasteiger partial charge in [-0.3, -0.25) is 0 Å². The summed E-state index contributed by atoms with van der Waals surface area (Å²) in [6, 6.07) is 0. The number of hydrogen-bond acceptors (Lipinski definition) is 10. The van der Waals surface area contributed by atoms with Crippen LogP contribution in [0.25, 0.3) is 0 Å². The molecule has 0 aliphatic carbocycles. The van der Waals surface area contributed by atoms with E-state index in [1.807, 2.05) is 0 Å². The molecule has 4 fully saturated rings. The van der Waals surface area contributed by atoms with Gasteiger partial charge in [0.25, 0.3) is 0 Å². The second-order valence-corrected chi connectivity index (χ2v) is 6.61. The van der Waals surface area contributed by atoms with Crippen molar-refractivity contribution < 1.29 is 48.2 Å². The fraction of sp³-hybridized carbons (Fsp3) is 0.750. The first kappa shape index (κ1) is 17.8. The number of carbonyl (C=O) groups is 2. The van der Waals surface area contributed by atoms with Gasteiger partial charge in [0.1, 0.15) is 36.6 Å². The highest BCUT2D eigenvalue weighted by atomic mass is 16.6. The Labute approximate surface area is 148 Å². The minimum Gasteiger partial charge on any atom is -0.454 e. The van der Waals surface area contributed by atoms with Crippen LogP contribution in [0.5, 0.6) is 0 Å². The van der Waals surface area contributed by atoms with Crippen molar-refractivity contribution in [3.63, 3.8) is 0 Å². The van der Waals surface area contributed by atoms with E-state index in [1.54, 1.807) is 0 Å². The van der Waals surface area contributed by atoms with Gasteiger partial charge in [-0.05, 0) is 0 Å². The van der Waals surface area contributed by atoms with E-state index >= 15 is 0 Å². The highest BCUT2D eigenvalue weighted by Crippen LogP contribution is 2.30. The lowest BCUT2D eigenvalue weighted by atomic mass is 10.1. The van der Waals surface area contributed by atoms with Gasteiger partial charge in [-0.2, -0.15) is 0 Å². The second kappa shape index (κ2) is 7.22. The van der Waals surface area contributed by atoms with Crippen LogP contribution in [-0.2, 0) is 38.0 Å². The molecular formula is C16H20O10. The van der Waals surface area contributed by atoms with Gasteiger partial charge in [-0.1, -0.05) is 0 Å². The fourth-order valence-electron chi connectivity index (χ4n) is 3.60. The van der Waals surface area contributed by atoms with E-state index in [9.17, 15) is 19.8 Å². The third-order valence-corrected chi connectivity index (χ3v) is 4.85. The highest BCUT2D eigenvalue weighted by molar-refractivity contribution is 5.91. The van der Waals surface area contributed by atoms with Crippen molar-refractivity contribution in [2.24, 2.45) is 0 Å². The van der Waals surface area contributed by atoms with Crippen LogP contribution >= 0.6 is 0 Å². The normalized spacial score (nSPS) is 44.2. The molecule has 0 radical (unpaired) electrons. The van der Waals surface area contributed by atoms with Gasteiger partial charge in [-0.25, -0.2) is 9.59 Å². The largest absolute Gasteiger partial charge is 0.454 e. The summed E-state index contributed by atoms with van der Waals surface area (Å²) in [4.78, 5) is 23.7. The summed E-state index contributed by atoms with van der Waals surface area (Å²) in [6.45, 7) is 0.513. The molecule has 0 bridgehead atoms. The van der Waals surface area contributed by atoms with Crippen LogP contribution in [0.1, 0.15) is 0 Å². The number of aliphatic hydroxyl groups is 2. The first-order valence-corrected chi connectivity index (χ1v) is 8.45. The van der Waals surface area contributed by atoms with Gasteiger partial charge in [0.15, 0.2) is 12.2 Å². The Kier molecular flexibility index (Phi) is 4.95. The molecule has 4 saturated heterocycles. The lowest BCUT2D eigenvalue weighted by molar-refractivity contribution is -0.150. The molecule has 0 amide bonds. The van der Waals surface area contributed by atoms with Crippen LogP contribution in [0, 0.1) is 0 Å². The quantitative estimate of drug-likeness (QED) is 0.410. The molecule has 4 heterocycles. The number of fused-ring (bicyclic) bond motifs is 2. The molecule has 0 aromatic heterocycles. The Morgan fingerprint density at radius 1 is 0.692 bits per heavy atom. The summed E-state index contributed by atoms with van der Waals surface area (Å²) in [5.74, 6) is -1.48. The maximum atomic E-state index is 11.9. The number of ether oxygens (including phenoxy) is 6. The molecule has 0 aromatic rings. The summed E-state index contributed by atoms with van der Waals surface area (Å²) in [6.07, 6.45) is -2.84. The Balaban J connectivity index is 1.24. The number of rotatable bonds is 4. The van der Waals surface area contributed by atoms with Gasteiger partial charge in [-0.15, -0.1) is 0 Å². The zero-order chi connectivity index (χ0) is 18.3. The first-order valence-electron chi connectivity index (χ1n) is 8.45. The Bertz CT molecular complexity index is 542. The molecule has 2 N–H and O–H groups in total. The monoisotopic (exact) mass is 372 g/mol. The zero-order valence-corrected chi connectivity index (χ0v) is 13.8. The van der Waals surface area contributed by atoms with Crippen molar-refractivity contribution in [2.45, 2.75) is 48.8 Å². The maximum Gasteiger partial charge on any atom is 0.331 e. The van der Waals surface area contributed by atoms with Crippen molar-refractivity contribution in [2.75, 3.05) is 26.4 Å². The van der Waals surface area contributed by atoms with E-state index in [-0.39, 0.29) is 26.4 Å². The molecular weight excluding hydrogens is 352 g/mol. The zero-order valence-electron chi connectivity index (χ0n) is 13.8. The molecule has 4 aliphatic rings. The fourth-order valence-corrected chi connectivity index (χ4v) is 3.60. The van der Waals surface area contributed by atoms with E-state index < -0.39 is 60.8 Å². The van der Waals surface area contributed by atoms with Crippen LogP contribution in [0.4, 0.5) is 0 Å². The molecule has 0 unspecified atom stereocenters. The smallest absolute Gasteiger partial charge is 0.331 e. The molecule has 0 saturated carbocycles. The SMILES string of the molecule is O=C(/C=C/C(=O)O[C@H]1CO[C@H]2[C@@H]1OC[C@@H]2O)O[C@H]1CO[C@H]2[C@@H]1OC[C@@H]2O. The third-order valence-electron chi connectivity index (χ3n) is 4.85. The minimum atomic E-state index is -0.741. The summed E-state index contributed by atoms with van der Waals surface area (Å²) in [7, 11) is 0. The van der Waals surface area contributed by atoms with Gasteiger partial charge < -0.3 is 38.6 Å². The van der Waals surface area contributed by atoms with Crippen LogP contribution in [0.2, 0.25) is 0 Å². The first-order chi connectivity index (χ1) is 12.5. The van der Waals surface area contributed by atoms with Crippen molar-refractivity contribution >= 4 is 11.9 Å².